The molecular weight excluding hydrogens is 180 g/mol. The molecule has 0 spiro atoms. The Balaban J connectivity index is 1.98. The number of carbonyl (C=O) groups is 1. The fraction of sp³-hybridized carbons (Fsp3) is 0.500. The maximum Gasteiger partial charge on any atom is 0.257 e. The first-order chi connectivity index (χ1) is 6.64. The summed E-state index contributed by atoms with van der Waals surface area (Å²) in [5.74, 6) is 0.00766. The van der Waals surface area contributed by atoms with Gasteiger partial charge in [0.05, 0.1) is 17.4 Å². The van der Waals surface area contributed by atoms with E-state index in [4.69, 9.17) is 10.2 Å². The van der Waals surface area contributed by atoms with E-state index in [1.54, 1.807) is 11.0 Å². The monoisotopic (exact) mass is 194 g/mol. The number of rotatable bonds is 2. The summed E-state index contributed by atoms with van der Waals surface area (Å²) < 4.78 is 4.85. The summed E-state index contributed by atoms with van der Waals surface area (Å²) >= 11 is 0. The number of carbonyl (C=O) groups excluding carboxylic acids is 1. The van der Waals surface area contributed by atoms with Crippen LogP contribution in [0.3, 0.4) is 0 Å². The SMILES string of the molecule is CCC1(N)CN(C(=O)c2ccoc2)C1. The van der Waals surface area contributed by atoms with Gasteiger partial charge in [-0.05, 0) is 12.5 Å². The molecule has 1 amide bonds. The zero-order chi connectivity index (χ0) is 10.2. The van der Waals surface area contributed by atoms with Gasteiger partial charge in [0.1, 0.15) is 6.26 Å². The molecular formula is C10H14N2O2. The number of furan rings is 1. The van der Waals surface area contributed by atoms with Crippen molar-refractivity contribution in [2.24, 2.45) is 5.73 Å². The standard InChI is InChI=1S/C10H14N2O2/c1-2-10(11)6-12(7-10)9(13)8-3-4-14-5-8/h3-5H,2,6-7,11H2,1H3. The van der Waals surface area contributed by atoms with Crippen molar-refractivity contribution >= 4 is 5.91 Å². The fourth-order valence-corrected chi connectivity index (χ4v) is 1.65. The van der Waals surface area contributed by atoms with Gasteiger partial charge in [-0.1, -0.05) is 6.92 Å². The predicted octanol–water partition coefficient (Wildman–Crippen LogP) is 0.843. The molecule has 0 unspecified atom stereocenters. The number of nitrogens with two attached hydrogens (primary N) is 1. The molecule has 0 aliphatic carbocycles. The zero-order valence-electron chi connectivity index (χ0n) is 8.19. The van der Waals surface area contributed by atoms with Crippen LogP contribution in [0.1, 0.15) is 23.7 Å². The fourth-order valence-electron chi connectivity index (χ4n) is 1.65. The molecule has 1 aromatic heterocycles. The van der Waals surface area contributed by atoms with Crippen LogP contribution in [0, 0.1) is 0 Å². The van der Waals surface area contributed by atoms with E-state index in [-0.39, 0.29) is 11.4 Å². The summed E-state index contributed by atoms with van der Waals surface area (Å²) in [5.41, 5.74) is 6.40. The summed E-state index contributed by atoms with van der Waals surface area (Å²) in [6, 6.07) is 1.67. The van der Waals surface area contributed by atoms with Gasteiger partial charge in [0.2, 0.25) is 0 Å². The quantitative estimate of drug-likeness (QED) is 0.759. The molecule has 14 heavy (non-hydrogen) atoms. The van der Waals surface area contributed by atoms with Crippen molar-refractivity contribution in [3.05, 3.63) is 24.2 Å². The number of hydrogen-bond acceptors (Lipinski definition) is 3. The summed E-state index contributed by atoms with van der Waals surface area (Å²) in [4.78, 5) is 13.4. The third-order valence-electron chi connectivity index (χ3n) is 2.77. The van der Waals surface area contributed by atoms with E-state index in [9.17, 15) is 4.79 Å². The van der Waals surface area contributed by atoms with Gasteiger partial charge in [-0.2, -0.15) is 0 Å². The van der Waals surface area contributed by atoms with E-state index in [0.717, 1.165) is 6.42 Å². The third-order valence-corrected chi connectivity index (χ3v) is 2.77. The lowest BCUT2D eigenvalue weighted by molar-refractivity contribution is 0.0400. The lowest BCUT2D eigenvalue weighted by Gasteiger charge is -2.47. The van der Waals surface area contributed by atoms with Gasteiger partial charge in [-0.15, -0.1) is 0 Å². The summed E-state index contributed by atoms with van der Waals surface area (Å²) in [7, 11) is 0. The normalized spacial score (nSPS) is 19.1. The van der Waals surface area contributed by atoms with E-state index in [1.807, 2.05) is 6.92 Å². The summed E-state index contributed by atoms with van der Waals surface area (Å²) in [5, 5.41) is 0. The van der Waals surface area contributed by atoms with E-state index >= 15 is 0 Å². The van der Waals surface area contributed by atoms with E-state index in [1.165, 1.54) is 12.5 Å². The minimum Gasteiger partial charge on any atom is -0.472 e. The topological polar surface area (TPSA) is 59.5 Å². The second-order valence-electron chi connectivity index (χ2n) is 3.89. The van der Waals surface area contributed by atoms with Crippen molar-refractivity contribution in [1.29, 1.82) is 0 Å². The Bertz CT molecular complexity index is 326. The maximum absolute atomic E-state index is 11.7. The molecule has 1 aliphatic heterocycles. The highest BCUT2D eigenvalue weighted by Gasteiger charge is 2.40. The van der Waals surface area contributed by atoms with Gasteiger partial charge in [-0.25, -0.2) is 0 Å². The molecule has 1 fully saturated rings. The van der Waals surface area contributed by atoms with Crippen LogP contribution in [-0.4, -0.2) is 29.4 Å². The molecule has 2 rings (SSSR count). The van der Waals surface area contributed by atoms with E-state index in [2.05, 4.69) is 0 Å². The molecule has 0 saturated carbocycles. The van der Waals surface area contributed by atoms with Crippen LogP contribution >= 0.6 is 0 Å². The zero-order valence-corrected chi connectivity index (χ0v) is 8.19. The lowest BCUT2D eigenvalue weighted by atomic mass is 9.88. The van der Waals surface area contributed by atoms with Crippen LogP contribution < -0.4 is 5.73 Å². The second kappa shape index (κ2) is 3.13. The second-order valence-corrected chi connectivity index (χ2v) is 3.89. The Labute approximate surface area is 82.7 Å². The molecule has 2 N–H and O–H groups in total. The molecule has 0 atom stereocenters. The van der Waals surface area contributed by atoms with Crippen LogP contribution in [0.2, 0.25) is 0 Å². The average molecular weight is 194 g/mol. The largest absolute Gasteiger partial charge is 0.472 e. The van der Waals surface area contributed by atoms with E-state index in [0.29, 0.717) is 18.7 Å². The maximum atomic E-state index is 11.7. The minimum absolute atomic E-state index is 0.00766. The third kappa shape index (κ3) is 1.42. The van der Waals surface area contributed by atoms with Crippen molar-refractivity contribution in [2.75, 3.05) is 13.1 Å². The first kappa shape index (κ1) is 9.27. The summed E-state index contributed by atoms with van der Waals surface area (Å²) in [6.07, 6.45) is 3.87. The van der Waals surface area contributed by atoms with Crippen LogP contribution in [0.15, 0.2) is 23.0 Å². The van der Waals surface area contributed by atoms with Gasteiger partial charge in [0.15, 0.2) is 0 Å². The minimum atomic E-state index is -0.167. The molecule has 1 aromatic rings. The summed E-state index contributed by atoms with van der Waals surface area (Å²) in [6.45, 7) is 3.33. The Morgan fingerprint density at radius 2 is 2.43 bits per heavy atom. The predicted molar refractivity (Wildman–Crippen MR) is 51.8 cm³/mol. The van der Waals surface area contributed by atoms with Crippen LogP contribution in [0.25, 0.3) is 0 Å². The lowest BCUT2D eigenvalue weighted by Crippen LogP contribution is -2.68. The van der Waals surface area contributed by atoms with Gasteiger partial charge in [0.25, 0.3) is 5.91 Å². The van der Waals surface area contributed by atoms with Crippen molar-refractivity contribution < 1.29 is 9.21 Å². The number of amides is 1. The van der Waals surface area contributed by atoms with Crippen molar-refractivity contribution in [3.63, 3.8) is 0 Å². The molecule has 1 saturated heterocycles. The Hall–Kier alpha value is -1.29. The highest BCUT2D eigenvalue weighted by molar-refractivity contribution is 5.94. The first-order valence-corrected chi connectivity index (χ1v) is 4.75. The number of likely N-dealkylation sites (tertiary alicyclic amines) is 1. The molecule has 0 bridgehead atoms. The van der Waals surface area contributed by atoms with Crippen LogP contribution in [0.5, 0.6) is 0 Å². The molecule has 1 aliphatic rings. The van der Waals surface area contributed by atoms with Gasteiger partial charge in [-0.3, -0.25) is 4.79 Å². The average Bonchev–Trinajstić information content (AvgIpc) is 2.64. The van der Waals surface area contributed by atoms with Crippen LogP contribution in [0.4, 0.5) is 0 Å². The van der Waals surface area contributed by atoms with Gasteiger partial charge in [0, 0.05) is 13.1 Å². The molecule has 76 valence electrons. The highest BCUT2D eigenvalue weighted by atomic mass is 16.3. The van der Waals surface area contributed by atoms with Crippen molar-refractivity contribution in [2.45, 2.75) is 18.9 Å². The number of nitrogens with zero attached hydrogens (tertiary/aromatic N) is 1. The molecule has 0 aromatic carbocycles. The number of hydrogen-bond donors (Lipinski definition) is 1. The smallest absolute Gasteiger partial charge is 0.257 e. The Morgan fingerprint density at radius 1 is 1.71 bits per heavy atom. The van der Waals surface area contributed by atoms with Crippen molar-refractivity contribution in [3.8, 4) is 0 Å². The molecule has 4 heteroatoms. The van der Waals surface area contributed by atoms with Gasteiger partial charge >= 0.3 is 0 Å². The van der Waals surface area contributed by atoms with Crippen LogP contribution in [-0.2, 0) is 0 Å². The van der Waals surface area contributed by atoms with Gasteiger partial charge < -0.3 is 15.1 Å². The highest BCUT2D eigenvalue weighted by Crippen LogP contribution is 2.23. The van der Waals surface area contributed by atoms with E-state index < -0.39 is 0 Å². The molecule has 0 radical (unpaired) electrons. The Kier molecular flexibility index (Phi) is 2.07. The first-order valence-electron chi connectivity index (χ1n) is 4.75. The van der Waals surface area contributed by atoms with Crippen molar-refractivity contribution in [1.82, 2.24) is 4.90 Å². The molecule has 2 heterocycles. The Morgan fingerprint density at radius 3 is 2.93 bits per heavy atom. The molecule has 4 nitrogen and oxygen atoms in total.